The topological polar surface area (TPSA) is 53.4 Å². The highest BCUT2D eigenvalue weighted by Gasteiger charge is 2.43. The molecule has 84 valence electrons. The molecule has 5 heteroatoms. The Morgan fingerprint density at radius 2 is 2.40 bits per heavy atom. The molecule has 2 rings (SSSR count). The molecule has 15 heavy (non-hydrogen) atoms. The summed E-state index contributed by atoms with van der Waals surface area (Å²) in [6.07, 6.45) is 1.23. The molecule has 0 bridgehead atoms. The van der Waals surface area contributed by atoms with Gasteiger partial charge in [0.05, 0.1) is 12.3 Å². The van der Waals surface area contributed by atoms with Crippen molar-refractivity contribution in [3.8, 4) is 0 Å². The summed E-state index contributed by atoms with van der Waals surface area (Å²) in [6.45, 7) is -0.163. The number of aromatic nitrogens is 1. The van der Waals surface area contributed by atoms with Crippen molar-refractivity contribution in [2.45, 2.75) is 44.1 Å². The summed E-state index contributed by atoms with van der Waals surface area (Å²) < 4.78 is 13.7. The van der Waals surface area contributed by atoms with Gasteiger partial charge in [0.1, 0.15) is 16.8 Å². The van der Waals surface area contributed by atoms with E-state index in [0.29, 0.717) is 23.5 Å². The fourth-order valence-corrected chi connectivity index (χ4v) is 2.91. The van der Waals surface area contributed by atoms with E-state index in [1.54, 1.807) is 5.38 Å². The van der Waals surface area contributed by atoms with E-state index >= 15 is 0 Å². The molecule has 3 nitrogen and oxygen atoms in total. The van der Waals surface area contributed by atoms with Crippen LogP contribution < -0.4 is 0 Å². The Morgan fingerprint density at radius 1 is 1.60 bits per heavy atom. The summed E-state index contributed by atoms with van der Waals surface area (Å²) >= 11 is 1.22. The van der Waals surface area contributed by atoms with Crippen LogP contribution in [-0.2, 0) is 12.2 Å². The molecule has 1 heterocycles. The number of aliphatic hydroxyl groups is 2. The van der Waals surface area contributed by atoms with E-state index in [1.807, 2.05) is 0 Å². The van der Waals surface area contributed by atoms with Crippen molar-refractivity contribution >= 4 is 11.3 Å². The quantitative estimate of drug-likeness (QED) is 0.815. The normalized spacial score (nSPS) is 31.8. The smallest absolute Gasteiger partial charge is 0.147 e. The molecule has 1 aliphatic carbocycles. The monoisotopic (exact) mass is 231 g/mol. The predicted octanol–water partition coefficient (Wildman–Crippen LogP) is 1.74. The van der Waals surface area contributed by atoms with E-state index in [-0.39, 0.29) is 6.61 Å². The van der Waals surface area contributed by atoms with Crippen molar-refractivity contribution in [3.05, 3.63) is 16.1 Å². The van der Waals surface area contributed by atoms with Gasteiger partial charge < -0.3 is 10.2 Å². The highest BCUT2D eigenvalue weighted by Crippen LogP contribution is 2.40. The van der Waals surface area contributed by atoms with Crippen LogP contribution in [0.3, 0.4) is 0 Å². The molecule has 0 aromatic carbocycles. The number of thiazole rings is 1. The van der Waals surface area contributed by atoms with E-state index in [4.69, 9.17) is 5.11 Å². The maximum atomic E-state index is 13.7. The minimum Gasteiger partial charge on any atom is -0.390 e. The fraction of sp³-hybridized carbons (Fsp3) is 0.700. The van der Waals surface area contributed by atoms with E-state index in [2.05, 4.69) is 4.98 Å². The lowest BCUT2D eigenvalue weighted by Crippen LogP contribution is -2.39. The van der Waals surface area contributed by atoms with Crippen molar-refractivity contribution in [3.63, 3.8) is 0 Å². The predicted molar refractivity (Wildman–Crippen MR) is 55.3 cm³/mol. The summed E-state index contributed by atoms with van der Waals surface area (Å²) in [4.78, 5) is 4.05. The van der Waals surface area contributed by atoms with Gasteiger partial charge in [-0.1, -0.05) is 6.42 Å². The summed E-state index contributed by atoms with van der Waals surface area (Å²) in [7, 11) is 0. The minimum atomic E-state index is -1.42. The molecule has 0 aliphatic heterocycles. The number of alkyl halides is 1. The molecule has 1 aromatic heterocycles. The zero-order chi connectivity index (χ0) is 10.9. The molecular weight excluding hydrogens is 217 g/mol. The summed E-state index contributed by atoms with van der Waals surface area (Å²) in [5.74, 6) is 0. The molecule has 0 spiro atoms. The lowest BCUT2D eigenvalue weighted by molar-refractivity contribution is -0.0687. The molecule has 1 aromatic rings. The highest BCUT2D eigenvalue weighted by atomic mass is 32.1. The SMILES string of the molecule is OCc1csc(C2(O)CCCCC2F)n1. The maximum absolute atomic E-state index is 13.7. The highest BCUT2D eigenvalue weighted by molar-refractivity contribution is 7.09. The van der Waals surface area contributed by atoms with Gasteiger partial charge in [-0.25, -0.2) is 9.37 Å². The van der Waals surface area contributed by atoms with Gasteiger partial charge in [0.2, 0.25) is 0 Å². The van der Waals surface area contributed by atoms with Crippen molar-refractivity contribution in [2.75, 3.05) is 0 Å². The van der Waals surface area contributed by atoms with Crippen molar-refractivity contribution in [1.82, 2.24) is 4.98 Å². The average molecular weight is 231 g/mol. The van der Waals surface area contributed by atoms with Gasteiger partial charge in [-0.15, -0.1) is 11.3 Å². The summed E-state index contributed by atoms with van der Waals surface area (Å²) in [5.41, 5.74) is -0.919. The number of hydrogen-bond donors (Lipinski definition) is 2. The summed E-state index contributed by atoms with van der Waals surface area (Å²) in [5, 5.41) is 21.1. The van der Waals surface area contributed by atoms with E-state index in [0.717, 1.165) is 12.8 Å². The second kappa shape index (κ2) is 4.15. The molecule has 1 saturated carbocycles. The van der Waals surface area contributed by atoms with Crippen LogP contribution >= 0.6 is 11.3 Å². The average Bonchev–Trinajstić information content (AvgIpc) is 2.71. The van der Waals surface area contributed by atoms with Gasteiger partial charge in [0.25, 0.3) is 0 Å². The first kappa shape index (κ1) is 11.0. The fourth-order valence-electron chi connectivity index (χ4n) is 1.93. The van der Waals surface area contributed by atoms with Gasteiger partial charge in [0, 0.05) is 5.38 Å². The standard InChI is InChI=1S/C10H14FNO2S/c11-8-3-1-2-4-10(8,14)9-12-7(5-13)6-15-9/h6,8,13-14H,1-5H2. The number of aliphatic hydroxyl groups excluding tert-OH is 1. The van der Waals surface area contributed by atoms with Crippen LogP contribution in [0.1, 0.15) is 36.4 Å². The largest absolute Gasteiger partial charge is 0.390 e. The van der Waals surface area contributed by atoms with Crippen molar-refractivity contribution in [1.29, 1.82) is 0 Å². The van der Waals surface area contributed by atoms with E-state index in [9.17, 15) is 9.50 Å². The molecule has 1 aliphatic rings. The first-order chi connectivity index (χ1) is 7.16. The van der Waals surface area contributed by atoms with Crippen molar-refractivity contribution in [2.24, 2.45) is 0 Å². The van der Waals surface area contributed by atoms with Gasteiger partial charge >= 0.3 is 0 Å². The molecule has 0 amide bonds. The van der Waals surface area contributed by atoms with E-state index in [1.165, 1.54) is 11.3 Å². The third-order valence-electron chi connectivity index (χ3n) is 2.87. The first-order valence-corrected chi connectivity index (χ1v) is 5.97. The molecule has 2 N–H and O–H groups in total. The Hall–Kier alpha value is -0.520. The van der Waals surface area contributed by atoms with Gasteiger partial charge in [-0.2, -0.15) is 0 Å². The van der Waals surface area contributed by atoms with Crippen LogP contribution in [-0.4, -0.2) is 21.4 Å². The van der Waals surface area contributed by atoms with Crippen LogP contribution in [0.25, 0.3) is 0 Å². The zero-order valence-electron chi connectivity index (χ0n) is 8.32. The second-order valence-corrected chi connectivity index (χ2v) is 4.80. The summed E-state index contributed by atoms with van der Waals surface area (Å²) in [6, 6.07) is 0. The molecule has 0 saturated heterocycles. The first-order valence-electron chi connectivity index (χ1n) is 5.09. The van der Waals surface area contributed by atoms with Gasteiger partial charge in [-0.3, -0.25) is 0 Å². The Bertz CT molecular complexity index is 344. The third-order valence-corrected chi connectivity index (χ3v) is 3.93. The van der Waals surface area contributed by atoms with Crippen LogP contribution in [0.2, 0.25) is 0 Å². The van der Waals surface area contributed by atoms with Crippen LogP contribution in [0.5, 0.6) is 0 Å². The van der Waals surface area contributed by atoms with Crippen LogP contribution in [0.4, 0.5) is 4.39 Å². The molecule has 2 atom stereocenters. The number of hydrogen-bond acceptors (Lipinski definition) is 4. The van der Waals surface area contributed by atoms with Crippen molar-refractivity contribution < 1.29 is 14.6 Å². The Morgan fingerprint density at radius 3 is 3.00 bits per heavy atom. The Kier molecular flexibility index (Phi) is 3.04. The number of halogens is 1. The maximum Gasteiger partial charge on any atom is 0.147 e. The number of rotatable bonds is 2. The van der Waals surface area contributed by atoms with Gasteiger partial charge in [-0.05, 0) is 19.3 Å². The lowest BCUT2D eigenvalue weighted by Gasteiger charge is -2.33. The second-order valence-electron chi connectivity index (χ2n) is 3.94. The number of nitrogens with zero attached hydrogens (tertiary/aromatic N) is 1. The van der Waals surface area contributed by atoms with Crippen LogP contribution in [0, 0.1) is 0 Å². The third kappa shape index (κ3) is 1.91. The molecule has 0 radical (unpaired) electrons. The minimum absolute atomic E-state index is 0.163. The van der Waals surface area contributed by atoms with E-state index < -0.39 is 11.8 Å². The Labute approximate surface area is 91.6 Å². The van der Waals surface area contributed by atoms with Crippen LogP contribution in [0.15, 0.2) is 5.38 Å². The molecule has 1 fully saturated rings. The zero-order valence-corrected chi connectivity index (χ0v) is 9.13. The molecular formula is C10H14FNO2S. The molecule has 2 unspecified atom stereocenters. The lowest BCUT2D eigenvalue weighted by atomic mass is 9.83. The Balaban J connectivity index is 2.26. The van der Waals surface area contributed by atoms with Gasteiger partial charge in [0.15, 0.2) is 0 Å².